The zero-order chi connectivity index (χ0) is 14.6. The van der Waals surface area contributed by atoms with Gasteiger partial charge in [0.15, 0.2) is 0 Å². The molecule has 2 N–H and O–H groups in total. The van der Waals surface area contributed by atoms with Gasteiger partial charge >= 0.3 is 0 Å². The second kappa shape index (κ2) is 6.05. The van der Waals surface area contributed by atoms with Crippen molar-refractivity contribution >= 4 is 21.7 Å². The summed E-state index contributed by atoms with van der Waals surface area (Å²) in [6.45, 7) is 1.86. The maximum absolute atomic E-state index is 11.4. The van der Waals surface area contributed by atoms with Crippen LogP contribution >= 0.6 is 0 Å². The lowest BCUT2D eigenvalue weighted by molar-refractivity contribution is 0.100. The van der Waals surface area contributed by atoms with Crippen molar-refractivity contribution in [1.82, 2.24) is 0 Å². The van der Waals surface area contributed by atoms with E-state index >= 15 is 0 Å². The van der Waals surface area contributed by atoms with Gasteiger partial charge in [-0.3, -0.25) is 9.35 Å². The first kappa shape index (κ1) is 15.5. The molecule has 0 aromatic heterocycles. The summed E-state index contributed by atoms with van der Waals surface area (Å²) in [5.41, 5.74) is 1.87. The van der Waals surface area contributed by atoms with Gasteiger partial charge in [-0.05, 0) is 12.5 Å². The summed E-state index contributed by atoms with van der Waals surface area (Å²) >= 11 is 0. The highest BCUT2D eigenvalue weighted by Crippen LogP contribution is 2.20. The minimum Gasteiger partial charge on any atom is -0.387 e. The van der Waals surface area contributed by atoms with Crippen LogP contribution in [0.3, 0.4) is 0 Å². The van der Waals surface area contributed by atoms with Crippen molar-refractivity contribution < 1.29 is 22.9 Å². The molecule has 6 nitrogen and oxygen atoms in total. The van der Waals surface area contributed by atoms with Gasteiger partial charge in [-0.25, -0.2) is 4.99 Å². The zero-order valence-corrected chi connectivity index (χ0v) is 11.4. The first-order chi connectivity index (χ1) is 8.74. The Kier molecular flexibility index (Phi) is 4.93. The summed E-state index contributed by atoms with van der Waals surface area (Å²) < 4.78 is 25.9. The number of nitrogens with zero attached hydrogens (tertiary/aromatic N) is 1. The maximum atomic E-state index is 11.4. The minimum absolute atomic E-state index is 0.247. The highest BCUT2D eigenvalue weighted by Gasteiger charge is 2.26. The van der Waals surface area contributed by atoms with E-state index in [1.807, 2.05) is 19.1 Å². The van der Waals surface area contributed by atoms with E-state index in [2.05, 4.69) is 4.99 Å². The van der Waals surface area contributed by atoms with Gasteiger partial charge in [0, 0.05) is 5.56 Å². The van der Waals surface area contributed by atoms with Crippen LogP contribution in [-0.4, -0.2) is 42.1 Å². The second-order valence-corrected chi connectivity index (χ2v) is 5.47. The number of aliphatic hydroxyl groups excluding tert-OH is 1. The van der Waals surface area contributed by atoms with Crippen LogP contribution in [0.25, 0.3) is 0 Å². The summed E-state index contributed by atoms with van der Waals surface area (Å²) in [6, 6.07) is 7.19. The molecule has 2 rings (SSSR count). The van der Waals surface area contributed by atoms with Gasteiger partial charge in [-0.2, -0.15) is 8.42 Å². The molecule has 1 atom stereocenters. The van der Waals surface area contributed by atoms with Crippen LogP contribution in [0.1, 0.15) is 29.3 Å². The number of fused-ring (bicyclic) bond motifs is 1. The molecule has 0 radical (unpaired) electrons. The summed E-state index contributed by atoms with van der Waals surface area (Å²) in [7, 11) is -3.67. The molecular formula is C12H15NO5S. The Labute approximate surface area is 111 Å². The quantitative estimate of drug-likeness (QED) is 0.786. The van der Waals surface area contributed by atoms with E-state index in [1.165, 1.54) is 0 Å². The predicted octanol–water partition coefficient (Wildman–Crippen LogP) is 0.904. The van der Waals surface area contributed by atoms with E-state index in [9.17, 15) is 18.3 Å². The molecule has 1 aromatic carbocycles. The predicted molar refractivity (Wildman–Crippen MR) is 71.1 cm³/mol. The lowest BCUT2D eigenvalue weighted by Crippen LogP contribution is -2.18. The third-order valence-electron chi connectivity index (χ3n) is 2.36. The lowest BCUT2D eigenvalue weighted by Gasteiger charge is -2.07. The first-order valence-electron chi connectivity index (χ1n) is 5.57. The van der Waals surface area contributed by atoms with Crippen LogP contribution in [0.2, 0.25) is 0 Å². The molecule has 104 valence electrons. The number of carbonyl (C=O) groups is 1. The van der Waals surface area contributed by atoms with Crippen molar-refractivity contribution in [3.63, 3.8) is 0 Å². The largest absolute Gasteiger partial charge is 0.387 e. The molecule has 1 aromatic rings. The number of rotatable bonds is 2. The maximum Gasteiger partial charge on any atom is 0.278 e. The Morgan fingerprint density at radius 2 is 1.74 bits per heavy atom. The summed E-state index contributed by atoms with van der Waals surface area (Å²) in [5, 5.41) is 9.64. The molecule has 1 aliphatic heterocycles. The lowest BCUT2D eigenvalue weighted by atomic mass is 10.0. The Hall–Kier alpha value is -1.57. The number of hydrogen-bond acceptors (Lipinski definition) is 4. The highest BCUT2D eigenvalue weighted by atomic mass is 32.2. The number of aliphatic hydroxyl groups is 1. The number of hydrogen-bond donors (Lipinski definition) is 2. The van der Waals surface area contributed by atoms with Crippen LogP contribution in [0.5, 0.6) is 0 Å². The standard InChI is InChI=1S/C11H11NO2.CH4O3S/c1-2-9(13)10-7-5-3-4-6-8(7)11(14)12-10;1-5(2,3)4/h3-6,9,13H,2H2,1H3;1H3,(H,2,3,4). The van der Waals surface area contributed by atoms with Gasteiger partial charge in [-0.15, -0.1) is 0 Å². The van der Waals surface area contributed by atoms with E-state index in [-0.39, 0.29) is 5.91 Å². The van der Waals surface area contributed by atoms with Crippen LogP contribution in [0, 0.1) is 0 Å². The normalized spacial score (nSPS) is 15.2. The molecule has 0 fully saturated rings. The topological polar surface area (TPSA) is 104 Å². The van der Waals surface area contributed by atoms with Gasteiger partial charge in [0.05, 0.1) is 23.6 Å². The Morgan fingerprint density at radius 1 is 1.26 bits per heavy atom. The molecule has 1 aliphatic rings. The van der Waals surface area contributed by atoms with Gasteiger partial charge in [-0.1, -0.05) is 25.1 Å². The van der Waals surface area contributed by atoms with Gasteiger partial charge in [0.2, 0.25) is 0 Å². The van der Waals surface area contributed by atoms with Crippen molar-refractivity contribution in [3.8, 4) is 0 Å². The van der Waals surface area contributed by atoms with Gasteiger partial charge < -0.3 is 5.11 Å². The zero-order valence-electron chi connectivity index (χ0n) is 10.6. The number of benzene rings is 1. The van der Waals surface area contributed by atoms with E-state index in [1.54, 1.807) is 12.1 Å². The second-order valence-electron chi connectivity index (χ2n) is 4.00. The third-order valence-corrected chi connectivity index (χ3v) is 2.36. The van der Waals surface area contributed by atoms with Crippen LogP contribution in [0.4, 0.5) is 0 Å². The highest BCUT2D eigenvalue weighted by molar-refractivity contribution is 7.85. The minimum atomic E-state index is -3.67. The average Bonchev–Trinajstić information content (AvgIpc) is 2.65. The van der Waals surface area contributed by atoms with E-state index < -0.39 is 16.2 Å². The number of aliphatic imine (C=N–C) groups is 1. The fourth-order valence-corrected chi connectivity index (χ4v) is 1.57. The summed E-state index contributed by atoms with van der Waals surface area (Å²) in [5.74, 6) is -0.247. The van der Waals surface area contributed by atoms with Gasteiger partial charge in [0.25, 0.3) is 16.0 Å². The van der Waals surface area contributed by atoms with Crippen molar-refractivity contribution in [2.24, 2.45) is 4.99 Å². The number of carbonyl (C=O) groups excluding carboxylic acids is 1. The Morgan fingerprint density at radius 3 is 2.21 bits per heavy atom. The summed E-state index contributed by atoms with van der Waals surface area (Å²) in [6.07, 6.45) is 0.649. The number of amides is 1. The van der Waals surface area contributed by atoms with Crippen LogP contribution < -0.4 is 0 Å². The smallest absolute Gasteiger partial charge is 0.278 e. The molecule has 19 heavy (non-hydrogen) atoms. The third kappa shape index (κ3) is 4.55. The average molecular weight is 285 g/mol. The molecule has 1 heterocycles. The molecule has 7 heteroatoms. The summed E-state index contributed by atoms with van der Waals surface area (Å²) in [4.78, 5) is 15.3. The molecule has 0 aliphatic carbocycles. The van der Waals surface area contributed by atoms with Crippen molar-refractivity contribution in [2.45, 2.75) is 19.4 Å². The van der Waals surface area contributed by atoms with Crippen LogP contribution in [-0.2, 0) is 10.1 Å². The van der Waals surface area contributed by atoms with E-state index in [0.717, 1.165) is 5.56 Å². The van der Waals surface area contributed by atoms with Crippen molar-refractivity contribution in [1.29, 1.82) is 0 Å². The monoisotopic (exact) mass is 285 g/mol. The molecule has 0 saturated carbocycles. The fourth-order valence-electron chi connectivity index (χ4n) is 1.57. The molecule has 0 spiro atoms. The fraction of sp³-hybridized carbons (Fsp3) is 0.333. The molecular weight excluding hydrogens is 270 g/mol. The van der Waals surface area contributed by atoms with Crippen molar-refractivity contribution in [3.05, 3.63) is 35.4 Å². The Balaban J connectivity index is 0.000000312. The Bertz CT molecular complexity index is 598. The molecule has 1 amide bonds. The molecule has 0 saturated heterocycles. The molecule has 1 unspecified atom stereocenters. The van der Waals surface area contributed by atoms with E-state index in [0.29, 0.717) is 24.0 Å². The van der Waals surface area contributed by atoms with Crippen LogP contribution in [0.15, 0.2) is 29.3 Å². The molecule has 0 bridgehead atoms. The van der Waals surface area contributed by atoms with E-state index in [4.69, 9.17) is 4.55 Å². The van der Waals surface area contributed by atoms with Crippen molar-refractivity contribution in [2.75, 3.05) is 6.26 Å². The first-order valence-corrected chi connectivity index (χ1v) is 7.41. The SMILES string of the molecule is CCC(O)C1=NC(=O)c2ccccc21.CS(=O)(=O)O. The van der Waals surface area contributed by atoms with Gasteiger partial charge in [0.1, 0.15) is 0 Å².